The summed E-state index contributed by atoms with van der Waals surface area (Å²) < 4.78 is 0. The molecule has 0 atom stereocenters. The van der Waals surface area contributed by atoms with Gasteiger partial charge < -0.3 is 5.11 Å². The molecule has 0 bridgehead atoms. The first kappa shape index (κ1) is 7.87. The van der Waals surface area contributed by atoms with Crippen LogP contribution in [0.3, 0.4) is 0 Å². The molecule has 11 heavy (non-hydrogen) atoms. The zero-order valence-corrected chi connectivity index (χ0v) is 6.28. The molecule has 1 aromatic carbocycles. The number of nitro benzene ring substituents is 1. The van der Waals surface area contributed by atoms with Crippen LogP contribution in [-0.2, 0) is 0 Å². The fourth-order valence-electron chi connectivity index (χ4n) is 0.667. The molecule has 1 rings (SSSR count). The van der Waals surface area contributed by atoms with Crippen molar-refractivity contribution in [2.75, 3.05) is 0 Å². The highest BCUT2D eigenvalue weighted by molar-refractivity contribution is 7.80. The van der Waals surface area contributed by atoms with Crippen LogP contribution in [0.4, 0.5) is 5.69 Å². The molecule has 0 saturated heterocycles. The lowest BCUT2D eigenvalue weighted by molar-refractivity contribution is -0.386. The van der Waals surface area contributed by atoms with E-state index in [1.165, 1.54) is 18.2 Å². The minimum Gasteiger partial charge on any atom is -0.501 e. The van der Waals surface area contributed by atoms with E-state index in [-0.39, 0.29) is 16.3 Å². The molecule has 1 aromatic rings. The summed E-state index contributed by atoms with van der Waals surface area (Å²) >= 11 is 3.81. The van der Waals surface area contributed by atoms with Gasteiger partial charge in [0.2, 0.25) is 5.75 Å². The maximum atomic E-state index is 10.2. The van der Waals surface area contributed by atoms with Gasteiger partial charge in [0.05, 0.1) is 9.82 Å². The van der Waals surface area contributed by atoms with Crippen molar-refractivity contribution in [3.8, 4) is 5.75 Å². The molecule has 0 unspecified atom stereocenters. The zero-order chi connectivity index (χ0) is 8.43. The predicted molar refractivity (Wildman–Crippen MR) is 42.0 cm³/mol. The Morgan fingerprint density at radius 1 is 1.55 bits per heavy atom. The third-order valence-corrected chi connectivity index (χ3v) is 1.55. The highest BCUT2D eigenvalue weighted by atomic mass is 32.1. The van der Waals surface area contributed by atoms with Crippen LogP contribution >= 0.6 is 12.6 Å². The lowest BCUT2D eigenvalue weighted by atomic mass is 10.3. The summed E-state index contributed by atoms with van der Waals surface area (Å²) in [6.07, 6.45) is 0. The van der Waals surface area contributed by atoms with E-state index in [0.29, 0.717) is 0 Å². The molecule has 0 saturated carbocycles. The quantitative estimate of drug-likeness (QED) is 0.383. The van der Waals surface area contributed by atoms with Crippen molar-refractivity contribution in [2.45, 2.75) is 4.90 Å². The number of rotatable bonds is 1. The van der Waals surface area contributed by atoms with Crippen molar-refractivity contribution in [1.29, 1.82) is 0 Å². The highest BCUT2D eigenvalue weighted by Gasteiger charge is 2.13. The largest absolute Gasteiger partial charge is 0.501 e. The standard InChI is InChI=1S/C6H5NO3S/c8-6-4(7(9)10)2-1-3-5(6)11/h1-3,8,11H. The summed E-state index contributed by atoms with van der Waals surface area (Å²) in [6.45, 7) is 0. The molecule has 0 radical (unpaired) electrons. The van der Waals surface area contributed by atoms with Crippen LogP contribution in [0.1, 0.15) is 0 Å². The third kappa shape index (κ3) is 1.43. The van der Waals surface area contributed by atoms with E-state index in [9.17, 15) is 10.1 Å². The van der Waals surface area contributed by atoms with Gasteiger partial charge in [-0.3, -0.25) is 10.1 Å². The number of nitrogens with zero attached hydrogens (tertiary/aromatic N) is 1. The van der Waals surface area contributed by atoms with Gasteiger partial charge in [0.1, 0.15) is 0 Å². The van der Waals surface area contributed by atoms with E-state index in [4.69, 9.17) is 5.11 Å². The monoisotopic (exact) mass is 171 g/mol. The Kier molecular flexibility index (Phi) is 2.00. The Morgan fingerprint density at radius 3 is 2.64 bits per heavy atom. The molecule has 0 amide bonds. The van der Waals surface area contributed by atoms with Gasteiger partial charge in [-0.2, -0.15) is 0 Å². The first-order chi connectivity index (χ1) is 5.13. The average Bonchev–Trinajstić information content (AvgIpc) is 1.94. The maximum absolute atomic E-state index is 10.2. The minimum atomic E-state index is -0.658. The van der Waals surface area contributed by atoms with Crippen molar-refractivity contribution in [3.05, 3.63) is 28.3 Å². The molecular weight excluding hydrogens is 166 g/mol. The number of phenolic OH excluding ortho intramolecular Hbond substituents is 1. The average molecular weight is 171 g/mol. The normalized spacial score (nSPS) is 9.55. The van der Waals surface area contributed by atoms with Gasteiger partial charge in [0.15, 0.2) is 0 Å². The Bertz CT molecular complexity index is 300. The van der Waals surface area contributed by atoms with Crippen LogP contribution in [0.2, 0.25) is 0 Å². The Hall–Kier alpha value is -1.23. The highest BCUT2D eigenvalue weighted by Crippen LogP contribution is 2.31. The second-order valence-electron chi connectivity index (χ2n) is 1.90. The van der Waals surface area contributed by atoms with Crippen LogP contribution in [-0.4, -0.2) is 10.0 Å². The number of nitro groups is 1. The van der Waals surface area contributed by atoms with Crippen molar-refractivity contribution < 1.29 is 10.0 Å². The number of hydrogen-bond acceptors (Lipinski definition) is 4. The number of benzene rings is 1. The van der Waals surface area contributed by atoms with Gasteiger partial charge in [-0.25, -0.2) is 0 Å². The first-order valence-electron chi connectivity index (χ1n) is 2.78. The van der Waals surface area contributed by atoms with Gasteiger partial charge in [-0.1, -0.05) is 6.07 Å². The predicted octanol–water partition coefficient (Wildman–Crippen LogP) is 1.59. The number of phenols is 1. The molecule has 5 heteroatoms. The summed E-state index contributed by atoms with van der Waals surface area (Å²) in [5, 5.41) is 19.2. The fraction of sp³-hybridized carbons (Fsp3) is 0. The summed E-state index contributed by atoms with van der Waals surface area (Å²) in [5.41, 5.74) is -0.322. The van der Waals surface area contributed by atoms with Gasteiger partial charge in [-0.05, 0) is 6.07 Å². The lowest BCUT2D eigenvalue weighted by Crippen LogP contribution is -1.87. The zero-order valence-electron chi connectivity index (χ0n) is 5.39. The summed E-state index contributed by atoms with van der Waals surface area (Å²) in [6, 6.07) is 4.15. The Labute approximate surface area is 68.0 Å². The molecule has 1 N–H and O–H groups in total. The second-order valence-corrected chi connectivity index (χ2v) is 2.38. The summed E-state index contributed by atoms with van der Waals surface area (Å²) in [7, 11) is 0. The molecule has 0 aliphatic rings. The SMILES string of the molecule is O=[N+]([O-])c1cccc(S)c1O. The van der Waals surface area contributed by atoms with Crippen molar-refractivity contribution >= 4 is 18.3 Å². The van der Waals surface area contributed by atoms with Crippen LogP contribution < -0.4 is 0 Å². The van der Waals surface area contributed by atoms with Crippen LogP contribution in [0, 0.1) is 10.1 Å². The topological polar surface area (TPSA) is 63.4 Å². The van der Waals surface area contributed by atoms with Crippen molar-refractivity contribution in [3.63, 3.8) is 0 Å². The molecule has 0 aliphatic carbocycles. The van der Waals surface area contributed by atoms with Crippen molar-refractivity contribution in [1.82, 2.24) is 0 Å². The molecule has 4 nitrogen and oxygen atoms in total. The van der Waals surface area contributed by atoms with Crippen molar-refractivity contribution in [2.24, 2.45) is 0 Å². The van der Waals surface area contributed by atoms with E-state index >= 15 is 0 Å². The maximum Gasteiger partial charge on any atom is 0.311 e. The van der Waals surface area contributed by atoms with E-state index in [1.807, 2.05) is 0 Å². The lowest BCUT2D eigenvalue weighted by Gasteiger charge is -1.96. The number of thiol groups is 1. The van der Waals surface area contributed by atoms with Gasteiger partial charge in [-0.15, -0.1) is 12.6 Å². The minimum absolute atomic E-state index is 0.208. The number of para-hydroxylation sites is 1. The molecule has 0 fully saturated rings. The van der Waals surface area contributed by atoms with E-state index in [1.54, 1.807) is 0 Å². The van der Waals surface area contributed by atoms with Gasteiger partial charge in [0, 0.05) is 6.07 Å². The number of hydrogen-bond donors (Lipinski definition) is 2. The first-order valence-corrected chi connectivity index (χ1v) is 3.23. The molecule has 0 aliphatic heterocycles. The van der Waals surface area contributed by atoms with E-state index in [2.05, 4.69) is 12.6 Å². The Morgan fingerprint density at radius 2 is 2.18 bits per heavy atom. The van der Waals surface area contributed by atoms with Gasteiger partial charge in [0.25, 0.3) is 0 Å². The molecule has 58 valence electrons. The molecule has 0 heterocycles. The van der Waals surface area contributed by atoms with Crippen LogP contribution in [0.25, 0.3) is 0 Å². The van der Waals surface area contributed by atoms with E-state index < -0.39 is 4.92 Å². The Balaban J connectivity index is 3.27. The molecule has 0 aromatic heterocycles. The smallest absolute Gasteiger partial charge is 0.311 e. The molecular formula is C6H5NO3S. The fourth-order valence-corrected chi connectivity index (χ4v) is 0.867. The summed E-state index contributed by atoms with van der Waals surface area (Å²) in [4.78, 5) is 9.74. The molecule has 0 spiro atoms. The second kappa shape index (κ2) is 2.79. The third-order valence-electron chi connectivity index (χ3n) is 1.19. The van der Waals surface area contributed by atoms with E-state index in [0.717, 1.165) is 0 Å². The van der Waals surface area contributed by atoms with Crippen LogP contribution in [0.15, 0.2) is 23.1 Å². The van der Waals surface area contributed by atoms with Gasteiger partial charge >= 0.3 is 5.69 Å². The van der Waals surface area contributed by atoms with Crippen LogP contribution in [0.5, 0.6) is 5.75 Å². The number of aromatic hydroxyl groups is 1. The summed E-state index contributed by atoms with van der Waals surface area (Å²) in [5.74, 6) is -0.388.